The molecule has 0 aliphatic heterocycles. The molecule has 0 unspecified atom stereocenters. The molecule has 9 heteroatoms. The molecule has 1 aliphatic rings. The molecule has 8 nitrogen and oxygen atoms in total. The van der Waals surface area contributed by atoms with Crippen molar-refractivity contribution in [1.82, 2.24) is 0 Å². The zero-order chi connectivity index (χ0) is 47.2. The average Bonchev–Trinajstić information content (AvgIpc) is 3.17. The normalized spacial score (nSPS) is 13.8. The zero-order valence-corrected chi connectivity index (χ0v) is 41.2. The minimum absolute atomic E-state index is 0.0402. The number of aromatic hydroxyl groups is 3. The fraction of sp³-hybridized carbons (Fsp3) is 0.455. The molecule has 0 fully saturated rings. The monoisotopic (exact) mass is 890 g/mol. The minimum atomic E-state index is -3.93. The lowest BCUT2D eigenvalue weighted by atomic mass is 9.79. The number of benzene rings is 5. The molecule has 0 radical (unpaired) electrons. The van der Waals surface area contributed by atoms with E-state index in [4.69, 9.17) is 13.7 Å². The molecule has 0 amide bonds. The molecule has 6 rings (SSSR count). The van der Waals surface area contributed by atoms with Gasteiger partial charge >= 0.3 is 0 Å². The van der Waals surface area contributed by atoms with E-state index in [1.807, 2.05) is 6.92 Å². The van der Waals surface area contributed by atoms with E-state index < -0.39 is 10.1 Å². The van der Waals surface area contributed by atoms with Crippen molar-refractivity contribution in [2.75, 3.05) is 26.4 Å². The van der Waals surface area contributed by atoms with Crippen molar-refractivity contribution in [3.63, 3.8) is 0 Å². The van der Waals surface area contributed by atoms with Gasteiger partial charge in [0.25, 0.3) is 10.1 Å². The second kappa shape index (κ2) is 18.2. The molecule has 0 spiro atoms. The van der Waals surface area contributed by atoms with Gasteiger partial charge in [-0.25, -0.2) is 0 Å². The molecule has 5 aromatic carbocycles. The second-order valence-electron chi connectivity index (χ2n) is 21.8. The topological polar surface area (TPSA) is 123 Å². The lowest BCUT2D eigenvalue weighted by molar-refractivity contribution is 0.0774. The van der Waals surface area contributed by atoms with E-state index in [2.05, 4.69) is 132 Å². The Kier molecular flexibility index (Phi) is 13.8. The molecule has 3 N–H and O–H groups in total. The first kappa shape index (κ1) is 48.6. The van der Waals surface area contributed by atoms with Gasteiger partial charge in [0.2, 0.25) is 0 Å². The highest BCUT2D eigenvalue weighted by molar-refractivity contribution is 7.86. The van der Waals surface area contributed by atoms with Crippen molar-refractivity contribution in [1.29, 1.82) is 0 Å². The SMILES string of the molecule is Cc1ccc(S(=O)(=O)OCCOCCOc2c3cc(C(C)(C)C)cc2Cc2cc(C(C)(C)C)cc(c2O)Cc2cc(C(C)(C)C)cc(c2O)Cc2cc(C(C)(C)C)cc(c2O)C3)cc1. The fourth-order valence-corrected chi connectivity index (χ4v) is 9.02. The summed E-state index contributed by atoms with van der Waals surface area (Å²) in [6.07, 6.45) is 1.29. The van der Waals surface area contributed by atoms with Gasteiger partial charge in [0.1, 0.15) is 29.6 Å². The van der Waals surface area contributed by atoms with Crippen molar-refractivity contribution < 1.29 is 37.4 Å². The number of hydrogen-bond donors (Lipinski definition) is 3. The van der Waals surface area contributed by atoms with Crippen LogP contribution in [0.5, 0.6) is 23.0 Å². The van der Waals surface area contributed by atoms with Gasteiger partial charge in [-0.05, 0) is 107 Å². The van der Waals surface area contributed by atoms with Crippen molar-refractivity contribution in [2.45, 2.75) is 142 Å². The largest absolute Gasteiger partial charge is 0.507 e. The third kappa shape index (κ3) is 11.3. The highest BCUT2D eigenvalue weighted by atomic mass is 32.2. The van der Waals surface area contributed by atoms with Crippen molar-refractivity contribution in [2.24, 2.45) is 0 Å². The van der Waals surface area contributed by atoms with Crippen LogP contribution in [0.15, 0.2) is 77.7 Å². The zero-order valence-electron chi connectivity index (χ0n) is 40.4. The van der Waals surface area contributed by atoms with Gasteiger partial charge in [0.05, 0.1) is 24.7 Å². The molecule has 344 valence electrons. The van der Waals surface area contributed by atoms with Gasteiger partial charge in [0, 0.05) is 25.7 Å². The van der Waals surface area contributed by atoms with Crippen LogP contribution in [0, 0.1) is 6.92 Å². The van der Waals surface area contributed by atoms with E-state index >= 15 is 0 Å². The van der Waals surface area contributed by atoms with Crippen molar-refractivity contribution in [3.8, 4) is 23.0 Å². The maximum absolute atomic E-state index is 12.7. The summed E-state index contributed by atoms with van der Waals surface area (Å²) in [4.78, 5) is 0.0939. The molecular formula is C55H70O8S. The maximum atomic E-state index is 12.7. The number of aryl methyl sites for hydroxylation is 1. The number of rotatable bonds is 9. The third-order valence-corrected chi connectivity index (χ3v) is 13.6. The number of hydrogen-bond acceptors (Lipinski definition) is 8. The van der Waals surface area contributed by atoms with Gasteiger partial charge in [-0.3, -0.25) is 4.18 Å². The predicted molar refractivity (Wildman–Crippen MR) is 257 cm³/mol. The predicted octanol–water partition coefficient (Wildman–Crippen LogP) is 11.8. The molecule has 5 aromatic rings. The van der Waals surface area contributed by atoms with Crippen LogP contribution in [0.25, 0.3) is 0 Å². The number of phenolic OH excluding ortho intramolecular Hbond substituents is 3. The highest BCUT2D eigenvalue weighted by Crippen LogP contribution is 2.43. The number of phenols is 3. The van der Waals surface area contributed by atoms with Crippen LogP contribution in [-0.4, -0.2) is 50.2 Å². The van der Waals surface area contributed by atoms with Crippen LogP contribution in [0.2, 0.25) is 0 Å². The van der Waals surface area contributed by atoms with Crippen LogP contribution >= 0.6 is 0 Å². The molecule has 0 saturated carbocycles. The highest BCUT2D eigenvalue weighted by Gasteiger charge is 2.28. The molecule has 0 atom stereocenters. The average molecular weight is 891 g/mol. The summed E-state index contributed by atoms with van der Waals surface area (Å²) in [5, 5.41) is 36.7. The Balaban J connectivity index is 1.48. The first-order valence-corrected chi connectivity index (χ1v) is 23.9. The van der Waals surface area contributed by atoms with E-state index in [1.165, 1.54) is 12.1 Å². The van der Waals surface area contributed by atoms with Gasteiger partial charge < -0.3 is 24.8 Å². The van der Waals surface area contributed by atoms with Gasteiger partial charge in [-0.1, -0.05) is 149 Å². The Morgan fingerprint density at radius 3 is 1.08 bits per heavy atom. The Labute approximate surface area is 382 Å². The lowest BCUT2D eigenvalue weighted by Crippen LogP contribution is -2.17. The third-order valence-electron chi connectivity index (χ3n) is 12.3. The molecule has 64 heavy (non-hydrogen) atoms. The standard InChI is InChI=1S/C55H70O8S/c1-34-14-16-47(17-15-34)64(59,60)63-21-19-61-18-20-62-51-41-24-39-30-44(53(5,6)7)28-37(49(39)57)22-35-26-43(52(2,3)4)27-36(48(35)56)23-38-29-45(54(8,9)10)31-40(50(38)58)25-42(51)33-46(32-41)55(11,12)13/h14-17,26-33,56-58H,18-25H2,1-13H3. The summed E-state index contributed by atoms with van der Waals surface area (Å²) in [5.74, 6) is 1.17. The van der Waals surface area contributed by atoms with Crippen LogP contribution in [0.1, 0.15) is 155 Å². The lowest BCUT2D eigenvalue weighted by Gasteiger charge is -2.27. The number of ether oxygens (including phenoxy) is 2. The smallest absolute Gasteiger partial charge is 0.297 e. The summed E-state index contributed by atoms with van der Waals surface area (Å²) in [7, 11) is -3.93. The van der Waals surface area contributed by atoms with Gasteiger partial charge in [-0.15, -0.1) is 0 Å². The maximum Gasteiger partial charge on any atom is 0.297 e. The molecule has 0 aromatic heterocycles. The van der Waals surface area contributed by atoms with E-state index in [0.717, 1.165) is 61.2 Å². The Morgan fingerprint density at radius 2 is 0.750 bits per heavy atom. The summed E-state index contributed by atoms with van der Waals surface area (Å²) < 4.78 is 43.4. The Hall–Kier alpha value is -4.83. The quantitative estimate of drug-likeness (QED) is 0.0969. The summed E-state index contributed by atoms with van der Waals surface area (Å²) >= 11 is 0. The van der Waals surface area contributed by atoms with Gasteiger partial charge in [0.15, 0.2) is 0 Å². The van der Waals surface area contributed by atoms with Crippen molar-refractivity contribution >= 4 is 10.1 Å². The van der Waals surface area contributed by atoms with E-state index in [-0.39, 0.29) is 70.2 Å². The molecule has 1 aliphatic carbocycles. The Bertz CT molecular complexity index is 2490. The van der Waals surface area contributed by atoms with E-state index in [1.54, 1.807) is 12.1 Å². The molecule has 0 heterocycles. The second-order valence-corrected chi connectivity index (χ2v) is 23.4. The summed E-state index contributed by atoms with van der Waals surface area (Å²) in [6, 6.07) is 23.3. The summed E-state index contributed by atoms with van der Waals surface area (Å²) in [5.41, 5.74) is 10.3. The first-order valence-electron chi connectivity index (χ1n) is 22.5. The van der Waals surface area contributed by atoms with E-state index in [9.17, 15) is 23.7 Å². The van der Waals surface area contributed by atoms with Gasteiger partial charge in [-0.2, -0.15) is 8.42 Å². The first-order chi connectivity index (χ1) is 29.6. The van der Waals surface area contributed by atoms with E-state index in [0.29, 0.717) is 42.6 Å². The summed E-state index contributed by atoms with van der Waals surface area (Å²) in [6.45, 7) is 28.1. The van der Waals surface area contributed by atoms with Crippen LogP contribution in [0.4, 0.5) is 0 Å². The van der Waals surface area contributed by atoms with Crippen LogP contribution in [-0.2, 0) is 66.4 Å². The van der Waals surface area contributed by atoms with Crippen LogP contribution < -0.4 is 4.74 Å². The number of fused-ring (bicyclic) bond motifs is 8. The molecular weight excluding hydrogens is 821 g/mol. The Morgan fingerprint density at radius 1 is 0.453 bits per heavy atom. The fourth-order valence-electron chi connectivity index (χ4n) is 8.12. The minimum Gasteiger partial charge on any atom is -0.507 e. The molecule has 8 bridgehead atoms. The van der Waals surface area contributed by atoms with Crippen LogP contribution in [0.3, 0.4) is 0 Å². The molecule has 0 saturated heterocycles. The van der Waals surface area contributed by atoms with Crippen molar-refractivity contribution in [3.05, 3.63) is 145 Å².